The summed E-state index contributed by atoms with van der Waals surface area (Å²) in [6, 6.07) is 7.11. The first kappa shape index (κ1) is 13.3. The van der Waals surface area contributed by atoms with E-state index in [-0.39, 0.29) is 11.8 Å². The predicted molar refractivity (Wildman–Crippen MR) is 72.7 cm³/mol. The van der Waals surface area contributed by atoms with E-state index in [1.807, 2.05) is 0 Å². The zero-order valence-corrected chi connectivity index (χ0v) is 10.4. The number of nitrogens with one attached hydrogen (secondary N) is 2. The molecule has 0 radical (unpaired) electrons. The largest absolute Gasteiger partial charge is 0.478 e. The maximum absolute atomic E-state index is 11.9. The lowest BCUT2D eigenvalue weighted by molar-refractivity contribution is -0.131. The fraction of sp³-hybridized carbons (Fsp3) is 0.286. The number of carbonyl (C=O) groups is 2. The van der Waals surface area contributed by atoms with Crippen molar-refractivity contribution < 1.29 is 14.7 Å². The number of carbonyl (C=O) groups excluding carboxylic acids is 1. The first-order valence-corrected chi connectivity index (χ1v) is 6.18. The molecule has 0 spiro atoms. The van der Waals surface area contributed by atoms with Crippen LogP contribution in [0.1, 0.15) is 12.0 Å². The Balaban J connectivity index is 2.02. The highest BCUT2D eigenvalue weighted by Gasteiger charge is 2.22. The molecule has 5 heteroatoms. The molecule has 1 aliphatic heterocycles. The van der Waals surface area contributed by atoms with Crippen LogP contribution in [-0.4, -0.2) is 30.1 Å². The third kappa shape index (κ3) is 3.93. The highest BCUT2D eigenvalue weighted by atomic mass is 16.4. The minimum atomic E-state index is -0.994. The van der Waals surface area contributed by atoms with Crippen LogP contribution in [0.3, 0.4) is 0 Å². The van der Waals surface area contributed by atoms with Crippen LogP contribution in [0.5, 0.6) is 0 Å². The molecule has 0 aromatic heterocycles. The summed E-state index contributed by atoms with van der Waals surface area (Å²) >= 11 is 0. The van der Waals surface area contributed by atoms with E-state index in [0.717, 1.165) is 24.6 Å². The maximum atomic E-state index is 11.9. The molecule has 1 amide bonds. The lowest BCUT2D eigenvalue weighted by Gasteiger charge is -2.10. The van der Waals surface area contributed by atoms with E-state index in [1.165, 1.54) is 6.08 Å². The second-order valence-corrected chi connectivity index (χ2v) is 4.48. The summed E-state index contributed by atoms with van der Waals surface area (Å²) in [6.07, 6.45) is 3.42. The average Bonchev–Trinajstić information content (AvgIpc) is 2.91. The van der Waals surface area contributed by atoms with E-state index >= 15 is 0 Å². The molecular formula is C14H16N2O3. The smallest absolute Gasteiger partial charge is 0.328 e. The van der Waals surface area contributed by atoms with Gasteiger partial charge in [0.2, 0.25) is 5.91 Å². The van der Waals surface area contributed by atoms with Crippen molar-refractivity contribution in [2.75, 3.05) is 18.4 Å². The number of carboxylic acids is 1. The molecule has 1 saturated heterocycles. The Labute approximate surface area is 111 Å². The Bertz CT molecular complexity index is 505. The third-order valence-corrected chi connectivity index (χ3v) is 3.00. The number of aliphatic carboxylic acids is 1. The van der Waals surface area contributed by atoms with Crippen molar-refractivity contribution in [3.05, 3.63) is 35.9 Å². The van der Waals surface area contributed by atoms with Crippen LogP contribution in [0.4, 0.5) is 5.69 Å². The normalized spacial score (nSPS) is 18.6. The zero-order chi connectivity index (χ0) is 13.7. The van der Waals surface area contributed by atoms with Crippen LogP contribution in [-0.2, 0) is 9.59 Å². The van der Waals surface area contributed by atoms with Crippen molar-refractivity contribution in [2.45, 2.75) is 6.42 Å². The van der Waals surface area contributed by atoms with Crippen molar-refractivity contribution in [1.29, 1.82) is 0 Å². The van der Waals surface area contributed by atoms with Crippen LogP contribution >= 0.6 is 0 Å². The Hall–Kier alpha value is -2.14. The second kappa shape index (κ2) is 6.15. The van der Waals surface area contributed by atoms with E-state index in [2.05, 4.69) is 10.6 Å². The molecule has 5 nitrogen and oxygen atoms in total. The molecule has 1 aromatic carbocycles. The number of amides is 1. The summed E-state index contributed by atoms with van der Waals surface area (Å²) < 4.78 is 0. The minimum Gasteiger partial charge on any atom is -0.478 e. The van der Waals surface area contributed by atoms with Crippen molar-refractivity contribution in [2.24, 2.45) is 5.92 Å². The van der Waals surface area contributed by atoms with Gasteiger partial charge in [-0.2, -0.15) is 0 Å². The summed E-state index contributed by atoms with van der Waals surface area (Å²) in [6.45, 7) is 1.59. The number of anilines is 1. The molecule has 0 bridgehead atoms. The van der Waals surface area contributed by atoms with Gasteiger partial charge in [0.05, 0.1) is 5.92 Å². The molecule has 1 fully saturated rings. The molecule has 19 heavy (non-hydrogen) atoms. The molecule has 3 N–H and O–H groups in total. The van der Waals surface area contributed by atoms with Crippen molar-refractivity contribution in [3.63, 3.8) is 0 Å². The van der Waals surface area contributed by atoms with Crippen LogP contribution in [0, 0.1) is 5.92 Å². The summed E-state index contributed by atoms with van der Waals surface area (Å²) in [5.74, 6) is -0.978. The Morgan fingerprint density at radius 1 is 1.42 bits per heavy atom. The molecule has 2 rings (SSSR count). The third-order valence-electron chi connectivity index (χ3n) is 3.00. The first-order valence-electron chi connectivity index (χ1n) is 6.18. The summed E-state index contributed by atoms with van der Waals surface area (Å²) in [7, 11) is 0. The Morgan fingerprint density at radius 3 is 2.95 bits per heavy atom. The fourth-order valence-corrected chi connectivity index (χ4v) is 2.01. The molecule has 1 aromatic rings. The van der Waals surface area contributed by atoms with Crippen molar-refractivity contribution in [3.8, 4) is 0 Å². The lowest BCUT2D eigenvalue weighted by atomic mass is 10.1. The van der Waals surface area contributed by atoms with Crippen molar-refractivity contribution >= 4 is 23.6 Å². The molecule has 0 aliphatic carbocycles. The first-order chi connectivity index (χ1) is 9.15. The van der Waals surface area contributed by atoms with Gasteiger partial charge >= 0.3 is 5.97 Å². The number of benzene rings is 1. The molecule has 1 atom stereocenters. The Morgan fingerprint density at radius 2 is 2.26 bits per heavy atom. The van der Waals surface area contributed by atoms with Gasteiger partial charge in [0.1, 0.15) is 0 Å². The molecule has 1 unspecified atom stereocenters. The van der Waals surface area contributed by atoms with Crippen molar-refractivity contribution in [1.82, 2.24) is 5.32 Å². The van der Waals surface area contributed by atoms with Gasteiger partial charge in [-0.25, -0.2) is 4.79 Å². The van der Waals surface area contributed by atoms with E-state index < -0.39 is 5.97 Å². The number of hydrogen-bond acceptors (Lipinski definition) is 3. The van der Waals surface area contributed by atoms with Crippen LogP contribution in [0.2, 0.25) is 0 Å². The molecule has 0 saturated carbocycles. The second-order valence-electron chi connectivity index (χ2n) is 4.48. The van der Waals surface area contributed by atoms with Gasteiger partial charge in [0.25, 0.3) is 0 Å². The monoisotopic (exact) mass is 260 g/mol. The highest BCUT2D eigenvalue weighted by Crippen LogP contribution is 2.15. The van der Waals surface area contributed by atoms with Crippen LogP contribution in [0.15, 0.2) is 30.3 Å². The topological polar surface area (TPSA) is 78.4 Å². The number of carboxylic acid groups (broad SMARTS) is 1. The Kier molecular flexibility index (Phi) is 4.30. The van der Waals surface area contributed by atoms with Gasteiger partial charge in [-0.05, 0) is 36.7 Å². The number of hydrogen-bond donors (Lipinski definition) is 3. The van der Waals surface area contributed by atoms with E-state index in [9.17, 15) is 9.59 Å². The van der Waals surface area contributed by atoms with Crippen LogP contribution in [0.25, 0.3) is 6.08 Å². The van der Waals surface area contributed by atoms with Crippen LogP contribution < -0.4 is 10.6 Å². The lowest BCUT2D eigenvalue weighted by Crippen LogP contribution is -2.24. The molecular weight excluding hydrogens is 244 g/mol. The van der Waals surface area contributed by atoms with Gasteiger partial charge in [-0.3, -0.25) is 4.79 Å². The summed E-state index contributed by atoms with van der Waals surface area (Å²) in [5.41, 5.74) is 1.43. The van der Waals surface area contributed by atoms with Gasteiger partial charge in [0.15, 0.2) is 0 Å². The van der Waals surface area contributed by atoms with Gasteiger partial charge in [-0.15, -0.1) is 0 Å². The van der Waals surface area contributed by atoms with E-state index in [4.69, 9.17) is 5.11 Å². The van der Waals surface area contributed by atoms with E-state index in [0.29, 0.717) is 12.2 Å². The SMILES string of the molecule is O=C(O)/C=C/c1cccc(NC(=O)C2CCNC2)c1. The predicted octanol–water partition coefficient (Wildman–Crippen LogP) is 1.33. The quantitative estimate of drug-likeness (QED) is 0.714. The standard InChI is InChI=1S/C14H16N2O3/c17-13(18)5-4-10-2-1-3-12(8-10)16-14(19)11-6-7-15-9-11/h1-5,8,11,15H,6-7,9H2,(H,16,19)(H,17,18)/b5-4+. The molecule has 1 heterocycles. The highest BCUT2D eigenvalue weighted by molar-refractivity contribution is 5.93. The maximum Gasteiger partial charge on any atom is 0.328 e. The molecule has 100 valence electrons. The summed E-state index contributed by atoms with van der Waals surface area (Å²) in [4.78, 5) is 22.4. The average molecular weight is 260 g/mol. The fourth-order valence-electron chi connectivity index (χ4n) is 2.01. The van der Waals surface area contributed by atoms with E-state index in [1.54, 1.807) is 24.3 Å². The molecule has 1 aliphatic rings. The van der Waals surface area contributed by atoms with Gasteiger partial charge < -0.3 is 15.7 Å². The van der Waals surface area contributed by atoms with Gasteiger partial charge in [0, 0.05) is 18.3 Å². The minimum absolute atomic E-state index is 0.00404. The number of rotatable bonds is 4. The summed E-state index contributed by atoms with van der Waals surface area (Å²) in [5, 5.41) is 14.6. The van der Waals surface area contributed by atoms with Gasteiger partial charge in [-0.1, -0.05) is 12.1 Å². The zero-order valence-electron chi connectivity index (χ0n) is 10.4.